The largest absolute Gasteiger partial charge is 0.417 e. The highest BCUT2D eigenvalue weighted by molar-refractivity contribution is 6.30. The molecule has 1 fully saturated rings. The second-order valence-corrected chi connectivity index (χ2v) is 6.48. The SMILES string of the molecule is O=C(c1cccc(Cl)c1)N1CCCN(c2ccc(C(F)(F)F)cn2)CC1. The molecule has 0 atom stereocenters. The Labute approximate surface area is 154 Å². The van der Waals surface area contributed by atoms with Gasteiger partial charge in [0.2, 0.25) is 0 Å². The van der Waals surface area contributed by atoms with Gasteiger partial charge in [-0.25, -0.2) is 4.98 Å². The van der Waals surface area contributed by atoms with Crippen LogP contribution in [0.3, 0.4) is 0 Å². The molecule has 2 aromatic rings. The van der Waals surface area contributed by atoms with Crippen molar-refractivity contribution in [2.45, 2.75) is 12.6 Å². The molecular weight excluding hydrogens is 367 g/mol. The zero-order valence-electron chi connectivity index (χ0n) is 13.8. The summed E-state index contributed by atoms with van der Waals surface area (Å²) in [5.41, 5.74) is -0.243. The zero-order chi connectivity index (χ0) is 18.7. The first-order valence-electron chi connectivity index (χ1n) is 8.17. The lowest BCUT2D eigenvalue weighted by atomic mass is 10.2. The molecule has 1 aromatic heterocycles. The van der Waals surface area contributed by atoms with Gasteiger partial charge in [0.1, 0.15) is 5.82 Å². The van der Waals surface area contributed by atoms with Crippen molar-refractivity contribution < 1.29 is 18.0 Å². The third-order valence-electron chi connectivity index (χ3n) is 4.25. The lowest BCUT2D eigenvalue weighted by molar-refractivity contribution is -0.137. The van der Waals surface area contributed by atoms with Crippen LogP contribution in [0.4, 0.5) is 19.0 Å². The van der Waals surface area contributed by atoms with E-state index in [1.807, 2.05) is 4.90 Å². The van der Waals surface area contributed by atoms with E-state index in [2.05, 4.69) is 4.98 Å². The van der Waals surface area contributed by atoms with Gasteiger partial charge in [0.05, 0.1) is 5.56 Å². The van der Waals surface area contributed by atoms with Crippen molar-refractivity contribution in [2.75, 3.05) is 31.1 Å². The van der Waals surface area contributed by atoms with Crippen LogP contribution in [0.25, 0.3) is 0 Å². The number of halogens is 4. The minimum atomic E-state index is -4.40. The summed E-state index contributed by atoms with van der Waals surface area (Å²) in [7, 11) is 0. The van der Waals surface area contributed by atoms with Crippen LogP contribution >= 0.6 is 11.6 Å². The molecule has 4 nitrogen and oxygen atoms in total. The van der Waals surface area contributed by atoms with Gasteiger partial charge in [-0.15, -0.1) is 0 Å². The Kier molecular flexibility index (Phi) is 5.36. The highest BCUT2D eigenvalue weighted by atomic mass is 35.5. The number of benzene rings is 1. The summed E-state index contributed by atoms with van der Waals surface area (Å²) in [4.78, 5) is 20.2. The Bertz CT molecular complexity index is 780. The Morgan fingerprint density at radius 3 is 2.54 bits per heavy atom. The van der Waals surface area contributed by atoms with Gasteiger partial charge in [-0.2, -0.15) is 13.2 Å². The summed E-state index contributed by atoms with van der Waals surface area (Å²) in [6, 6.07) is 9.18. The second-order valence-electron chi connectivity index (χ2n) is 6.05. The highest BCUT2D eigenvalue weighted by Gasteiger charge is 2.31. The van der Waals surface area contributed by atoms with E-state index in [9.17, 15) is 18.0 Å². The molecule has 3 rings (SSSR count). The van der Waals surface area contributed by atoms with E-state index < -0.39 is 11.7 Å². The fourth-order valence-corrected chi connectivity index (χ4v) is 3.08. The van der Waals surface area contributed by atoms with Crippen molar-refractivity contribution >= 4 is 23.3 Å². The number of hydrogen-bond donors (Lipinski definition) is 0. The molecule has 0 aliphatic carbocycles. The van der Waals surface area contributed by atoms with Crippen molar-refractivity contribution in [3.63, 3.8) is 0 Å². The monoisotopic (exact) mass is 383 g/mol. The molecule has 0 radical (unpaired) electrons. The number of carbonyl (C=O) groups excluding carboxylic acids is 1. The number of aromatic nitrogens is 1. The van der Waals surface area contributed by atoms with E-state index in [0.29, 0.717) is 49.0 Å². The number of rotatable bonds is 2. The molecule has 138 valence electrons. The average Bonchev–Trinajstić information content (AvgIpc) is 2.86. The molecule has 0 unspecified atom stereocenters. The van der Waals surface area contributed by atoms with E-state index in [1.54, 1.807) is 29.2 Å². The summed E-state index contributed by atoms with van der Waals surface area (Å²) in [5.74, 6) is 0.379. The first-order valence-corrected chi connectivity index (χ1v) is 8.55. The summed E-state index contributed by atoms with van der Waals surface area (Å²) < 4.78 is 37.9. The molecule has 1 aliphatic rings. The van der Waals surface area contributed by atoms with Crippen LogP contribution in [0.5, 0.6) is 0 Å². The van der Waals surface area contributed by atoms with Crippen molar-refractivity contribution in [2.24, 2.45) is 0 Å². The molecule has 1 aromatic carbocycles. The fraction of sp³-hybridized carbons (Fsp3) is 0.333. The number of pyridine rings is 1. The average molecular weight is 384 g/mol. The highest BCUT2D eigenvalue weighted by Crippen LogP contribution is 2.29. The van der Waals surface area contributed by atoms with Crippen LogP contribution in [-0.4, -0.2) is 42.0 Å². The second kappa shape index (κ2) is 7.53. The number of amides is 1. The third-order valence-corrected chi connectivity index (χ3v) is 4.49. The van der Waals surface area contributed by atoms with E-state index in [4.69, 9.17) is 11.6 Å². The molecule has 0 saturated carbocycles. The van der Waals surface area contributed by atoms with Crippen LogP contribution < -0.4 is 4.90 Å². The van der Waals surface area contributed by atoms with Crippen molar-refractivity contribution in [3.05, 3.63) is 58.7 Å². The van der Waals surface area contributed by atoms with Gasteiger partial charge in [0.25, 0.3) is 5.91 Å². The molecular formula is C18H17ClF3N3O. The Hall–Kier alpha value is -2.28. The van der Waals surface area contributed by atoms with Crippen molar-refractivity contribution in [1.29, 1.82) is 0 Å². The quantitative estimate of drug-likeness (QED) is 0.783. The predicted octanol–water partition coefficient (Wildman–Crippen LogP) is 4.11. The maximum atomic E-state index is 12.6. The number of alkyl halides is 3. The van der Waals surface area contributed by atoms with Gasteiger partial charge in [-0.05, 0) is 36.8 Å². The standard InChI is InChI=1S/C18H17ClF3N3O/c19-15-4-1-3-13(11-15)17(26)25-8-2-7-24(9-10-25)16-6-5-14(12-23-16)18(20,21)22/h1,3-6,11-12H,2,7-10H2. The lowest BCUT2D eigenvalue weighted by Crippen LogP contribution is -2.35. The summed E-state index contributed by atoms with van der Waals surface area (Å²) in [6.07, 6.45) is -2.85. The molecule has 1 aliphatic heterocycles. The van der Waals surface area contributed by atoms with Crippen molar-refractivity contribution in [1.82, 2.24) is 9.88 Å². The molecule has 26 heavy (non-hydrogen) atoms. The number of carbonyl (C=O) groups is 1. The molecule has 2 heterocycles. The summed E-state index contributed by atoms with van der Waals surface area (Å²) in [6.45, 7) is 2.17. The Morgan fingerprint density at radius 2 is 1.88 bits per heavy atom. The summed E-state index contributed by atoms with van der Waals surface area (Å²) >= 11 is 5.94. The first-order chi connectivity index (χ1) is 12.3. The zero-order valence-corrected chi connectivity index (χ0v) is 14.6. The Balaban J connectivity index is 1.67. The third kappa shape index (κ3) is 4.27. The van der Waals surface area contributed by atoms with Gasteiger partial charge in [-0.3, -0.25) is 4.79 Å². The minimum Gasteiger partial charge on any atom is -0.355 e. The number of anilines is 1. The number of nitrogens with zero attached hydrogens (tertiary/aromatic N) is 3. The molecule has 0 spiro atoms. The van der Waals surface area contributed by atoms with Crippen LogP contribution in [-0.2, 0) is 6.18 Å². The van der Waals surface area contributed by atoms with Gasteiger partial charge < -0.3 is 9.80 Å². The molecule has 8 heteroatoms. The van der Waals surface area contributed by atoms with Crippen LogP contribution in [0.15, 0.2) is 42.6 Å². The summed E-state index contributed by atoms with van der Waals surface area (Å²) in [5, 5.41) is 0.501. The molecule has 0 bridgehead atoms. The number of hydrogen-bond acceptors (Lipinski definition) is 3. The normalized spacial score (nSPS) is 15.7. The maximum absolute atomic E-state index is 12.6. The van der Waals surface area contributed by atoms with Crippen LogP contribution in [0.1, 0.15) is 22.3 Å². The van der Waals surface area contributed by atoms with Crippen LogP contribution in [0, 0.1) is 0 Å². The van der Waals surface area contributed by atoms with Gasteiger partial charge in [0, 0.05) is 43.0 Å². The smallest absolute Gasteiger partial charge is 0.355 e. The van der Waals surface area contributed by atoms with Gasteiger partial charge in [0.15, 0.2) is 0 Å². The van der Waals surface area contributed by atoms with E-state index in [1.165, 1.54) is 6.07 Å². The fourth-order valence-electron chi connectivity index (χ4n) is 2.89. The van der Waals surface area contributed by atoms with Gasteiger partial charge in [-0.1, -0.05) is 17.7 Å². The molecule has 0 N–H and O–H groups in total. The first kappa shape index (κ1) is 18.5. The molecule has 1 amide bonds. The van der Waals surface area contributed by atoms with Gasteiger partial charge >= 0.3 is 6.18 Å². The maximum Gasteiger partial charge on any atom is 0.417 e. The lowest BCUT2D eigenvalue weighted by Gasteiger charge is -2.23. The molecule has 1 saturated heterocycles. The predicted molar refractivity (Wildman–Crippen MR) is 93.4 cm³/mol. The van der Waals surface area contributed by atoms with E-state index in [0.717, 1.165) is 12.3 Å². The topological polar surface area (TPSA) is 36.4 Å². The minimum absolute atomic E-state index is 0.102. The van der Waals surface area contributed by atoms with Crippen LogP contribution in [0.2, 0.25) is 5.02 Å². The van der Waals surface area contributed by atoms with Crippen molar-refractivity contribution in [3.8, 4) is 0 Å². The van der Waals surface area contributed by atoms with E-state index in [-0.39, 0.29) is 5.91 Å². The Morgan fingerprint density at radius 1 is 1.08 bits per heavy atom. The van der Waals surface area contributed by atoms with E-state index >= 15 is 0 Å².